The number of aliphatic imine (C=N–C) groups is 1. The van der Waals surface area contributed by atoms with E-state index in [-0.39, 0.29) is 6.61 Å². The van der Waals surface area contributed by atoms with Crippen molar-refractivity contribution in [1.82, 2.24) is 0 Å². The molecule has 0 atom stereocenters. The molecule has 2 aromatic rings. The second kappa shape index (κ2) is 7.82. The van der Waals surface area contributed by atoms with Crippen LogP contribution in [0.1, 0.15) is 12.5 Å². The maximum absolute atomic E-state index is 11.3. The molecule has 0 N–H and O–H groups in total. The number of halogens is 2. The SMILES string of the molecule is CCOC(=O)Oc1cccc(C=Nc2ccc(Cl)c(Cl)c2)c1. The van der Waals surface area contributed by atoms with Gasteiger partial charge in [0.1, 0.15) is 5.75 Å². The molecule has 2 aromatic carbocycles. The van der Waals surface area contributed by atoms with Crippen molar-refractivity contribution >= 4 is 41.3 Å². The summed E-state index contributed by atoms with van der Waals surface area (Å²) in [5, 5.41) is 0.918. The monoisotopic (exact) mass is 337 g/mol. The maximum atomic E-state index is 11.3. The minimum Gasteiger partial charge on any atom is -0.434 e. The lowest BCUT2D eigenvalue weighted by Crippen LogP contribution is -2.10. The average molecular weight is 338 g/mol. The molecule has 114 valence electrons. The number of benzene rings is 2. The van der Waals surface area contributed by atoms with Crippen molar-refractivity contribution < 1.29 is 14.3 Å². The number of hydrogen-bond donors (Lipinski definition) is 0. The molecule has 4 nitrogen and oxygen atoms in total. The zero-order valence-electron chi connectivity index (χ0n) is 11.8. The fourth-order valence-corrected chi connectivity index (χ4v) is 1.91. The Kier molecular flexibility index (Phi) is 5.81. The summed E-state index contributed by atoms with van der Waals surface area (Å²) in [5.74, 6) is 0.386. The zero-order valence-corrected chi connectivity index (χ0v) is 13.3. The third-order valence-electron chi connectivity index (χ3n) is 2.59. The highest BCUT2D eigenvalue weighted by Gasteiger charge is 2.04. The molecule has 0 radical (unpaired) electrons. The van der Waals surface area contributed by atoms with E-state index in [1.165, 1.54) is 0 Å². The van der Waals surface area contributed by atoms with Gasteiger partial charge in [-0.15, -0.1) is 0 Å². The highest BCUT2D eigenvalue weighted by molar-refractivity contribution is 6.42. The van der Waals surface area contributed by atoms with Crippen LogP contribution in [0.5, 0.6) is 5.75 Å². The van der Waals surface area contributed by atoms with Crippen LogP contribution in [0.3, 0.4) is 0 Å². The molecule has 0 saturated heterocycles. The fraction of sp³-hybridized carbons (Fsp3) is 0.125. The van der Waals surface area contributed by atoms with Crippen LogP contribution in [0, 0.1) is 0 Å². The molecule has 0 unspecified atom stereocenters. The summed E-state index contributed by atoms with van der Waals surface area (Å²) in [5.41, 5.74) is 1.44. The number of ether oxygens (including phenoxy) is 2. The van der Waals surface area contributed by atoms with Crippen molar-refractivity contribution in [3.8, 4) is 5.75 Å². The lowest BCUT2D eigenvalue weighted by molar-refractivity contribution is 0.104. The molecular weight excluding hydrogens is 325 g/mol. The van der Waals surface area contributed by atoms with Crippen LogP contribution in [0.15, 0.2) is 47.5 Å². The van der Waals surface area contributed by atoms with E-state index in [1.807, 2.05) is 6.07 Å². The first-order valence-corrected chi connectivity index (χ1v) is 7.28. The topological polar surface area (TPSA) is 47.9 Å². The lowest BCUT2D eigenvalue weighted by atomic mass is 10.2. The molecule has 6 heteroatoms. The van der Waals surface area contributed by atoms with Gasteiger partial charge in [-0.05, 0) is 42.8 Å². The first-order chi connectivity index (χ1) is 10.6. The largest absolute Gasteiger partial charge is 0.513 e. The van der Waals surface area contributed by atoms with Crippen molar-refractivity contribution in [3.63, 3.8) is 0 Å². The Morgan fingerprint density at radius 1 is 1.18 bits per heavy atom. The lowest BCUT2D eigenvalue weighted by Gasteiger charge is -2.04. The van der Waals surface area contributed by atoms with Gasteiger partial charge in [-0.1, -0.05) is 35.3 Å². The summed E-state index contributed by atoms with van der Waals surface area (Å²) < 4.78 is 9.74. The summed E-state index contributed by atoms with van der Waals surface area (Å²) in [6.07, 6.45) is 0.901. The smallest absolute Gasteiger partial charge is 0.434 e. The van der Waals surface area contributed by atoms with Crippen LogP contribution in [0.25, 0.3) is 0 Å². The van der Waals surface area contributed by atoms with Crippen molar-refractivity contribution in [3.05, 3.63) is 58.1 Å². The van der Waals surface area contributed by atoms with E-state index in [2.05, 4.69) is 4.99 Å². The molecule has 0 aliphatic rings. The van der Waals surface area contributed by atoms with E-state index >= 15 is 0 Å². The Bertz CT molecular complexity index is 702. The van der Waals surface area contributed by atoms with Crippen molar-refractivity contribution in [2.45, 2.75) is 6.92 Å². The van der Waals surface area contributed by atoms with Gasteiger partial charge in [0.15, 0.2) is 0 Å². The standard InChI is InChI=1S/C16H13Cl2NO3/c1-2-21-16(20)22-13-5-3-4-11(8-13)10-19-12-6-7-14(17)15(18)9-12/h3-10H,2H2,1H3. The third-order valence-corrected chi connectivity index (χ3v) is 3.33. The first-order valence-electron chi connectivity index (χ1n) is 6.52. The van der Waals surface area contributed by atoms with Crippen molar-refractivity contribution in [2.75, 3.05) is 6.61 Å². The van der Waals surface area contributed by atoms with E-state index in [1.54, 1.807) is 49.5 Å². The van der Waals surface area contributed by atoms with Gasteiger partial charge in [-0.25, -0.2) is 4.79 Å². The molecule has 0 fully saturated rings. The minimum absolute atomic E-state index is 0.261. The van der Waals surface area contributed by atoms with Gasteiger partial charge in [-0.2, -0.15) is 0 Å². The van der Waals surface area contributed by atoms with Crippen LogP contribution < -0.4 is 4.74 Å². The number of carbonyl (C=O) groups excluding carboxylic acids is 1. The number of rotatable bonds is 4. The number of nitrogens with zero attached hydrogens (tertiary/aromatic N) is 1. The molecule has 0 aromatic heterocycles. The Morgan fingerprint density at radius 3 is 2.73 bits per heavy atom. The first kappa shape index (κ1) is 16.3. The predicted molar refractivity (Wildman–Crippen MR) is 87.8 cm³/mol. The Balaban J connectivity index is 2.10. The molecule has 0 bridgehead atoms. The van der Waals surface area contributed by atoms with Gasteiger partial charge in [0.25, 0.3) is 0 Å². The molecule has 0 spiro atoms. The summed E-state index contributed by atoms with van der Waals surface area (Å²) in [6, 6.07) is 12.0. The number of carbonyl (C=O) groups is 1. The van der Waals surface area contributed by atoms with Crippen LogP contribution in [-0.2, 0) is 4.74 Å². The van der Waals surface area contributed by atoms with E-state index < -0.39 is 6.16 Å². The van der Waals surface area contributed by atoms with Crippen LogP contribution >= 0.6 is 23.2 Å². The molecule has 0 aliphatic heterocycles. The predicted octanol–water partition coefficient (Wildman–Crippen LogP) is 5.28. The van der Waals surface area contributed by atoms with Gasteiger partial charge < -0.3 is 9.47 Å². The normalized spacial score (nSPS) is 10.7. The van der Waals surface area contributed by atoms with E-state index in [0.29, 0.717) is 21.5 Å². The average Bonchev–Trinajstić information content (AvgIpc) is 2.49. The quantitative estimate of drug-likeness (QED) is 0.433. The second-order valence-corrected chi connectivity index (χ2v) is 5.03. The Labute approximate surface area is 138 Å². The van der Waals surface area contributed by atoms with Crippen LogP contribution in [0.4, 0.5) is 10.5 Å². The summed E-state index contributed by atoms with van der Waals surface area (Å²) in [6.45, 7) is 1.97. The Morgan fingerprint density at radius 2 is 2.00 bits per heavy atom. The summed E-state index contributed by atoms with van der Waals surface area (Å²) >= 11 is 11.8. The molecule has 0 amide bonds. The van der Waals surface area contributed by atoms with E-state index in [0.717, 1.165) is 5.56 Å². The van der Waals surface area contributed by atoms with Crippen LogP contribution in [-0.4, -0.2) is 19.0 Å². The van der Waals surface area contributed by atoms with Gasteiger partial charge in [0.05, 0.1) is 22.3 Å². The molecule has 22 heavy (non-hydrogen) atoms. The molecule has 0 aliphatic carbocycles. The Hall–Kier alpha value is -2.04. The van der Waals surface area contributed by atoms with Gasteiger partial charge in [0.2, 0.25) is 0 Å². The highest BCUT2D eigenvalue weighted by Crippen LogP contribution is 2.26. The summed E-state index contributed by atoms with van der Waals surface area (Å²) in [4.78, 5) is 15.6. The highest BCUT2D eigenvalue weighted by atomic mass is 35.5. The van der Waals surface area contributed by atoms with Gasteiger partial charge in [-0.3, -0.25) is 4.99 Å². The molecule has 0 saturated carbocycles. The fourth-order valence-electron chi connectivity index (χ4n) is 1.62. The van der Waals surface area contributed by atoms with Gasteiger partial charge in [0, 0.05) is 6.21 Å². The van der Waals surface area contributed by atoms with Crippen molar-refractivity contribution in [1.29, 1.82) is 0 Å². The van der Waals surface area contributed by atoms with Gasteiger partial charge >= 0.3 is 6.16 Å². The zero-order chi connectivity index (χ0) is 15.9. The number of hydrogen-bond acceptors (Lipinski definition) is 4. The van der Waals surface area contributed by atoms with Crippen LogP contribution in [0.2, 0.25) is 10.0 Å². The molecule has 2 rings (SSSR count). The van der Waals surface area contributed by atoms with Crippen molar-refractivity contribution in [2.24, 2.45) is 4.99 Å². The third kappa shape index (κ3) is 4.76. The second-order valence-electron chi connectivity index (χ2n) is 4.21. The van der Waals surface area contributed by atoms with E-state index in [9.17, 15) is 4.79 Å². The maximum Gasteiger partial charge on any atom is 0.513 e. The molecule has 0 heterocycles. The van der Waals surface area contributed by atoms with E-state index in [4.69, 9.17) is 32.7 Å². The summed E-state index contributed by atoms with van der Waals surface area (Å²) in [7, 11) is 0. The molecular formula is C16H13Cl2NO3. The minimum atomic E-state index is -0.735.